The molecule has 1 nitrogen and oxygen atoms in total. The first kappa shape index (κ1) is 7.63. The molecule has 0 unspecified atom stereocenters. The molecule has 0 saturated carbocycles. The van der Waals surface area contributed by atoms with Crippen molar-refractivity contribution in [1.29, 1.82) is 0 Å². The second-order valence-electron chi connectivity index (χ2n) is 3.77. The van der Waals surface area contributed by atoms with Crippen LogP contribution in [0, 0.1) is 13.8 Å². The molecule has 0 amide bonds. The van der Waals surface area contributed by atoms with Crippen molar-refractivity contribution in [3.05, 3.63) is 53.7 Å². The lowest BCUT2D eigenvalue weighted by Gasteiger charge is -2.06. The van der Waals surface area contributed by atoms with E-state index in [0.29, 0.717) is 6.04 Å². The van der Waals surface area contributed by atoms with Crippen molar-refractivity contribution in [2.45, 2.75) is 13.8 Å². The zero-order valence-electron chi connectivity index (χ0n) is 11.3. The minimum atomic E-state index is 0.284. The lowest BCUT2D eigenvalue weighted by atomic mass is 10.0. The minimum Gasteiger partial charge on any atom is -0.201 e. The van der Waals surface area contributed by atoms with Crippen LogP contribution in [-0.4, -0.2) is 0 Å². The van der Waals surface area contributed by atoms with Gasteiger partial charge in [0.25, 0.3) is 0 Å². The van der Waals surface area contributed by atoms with Crippen LogP contribution in [0.2, 0.25) is 0 Å². The molecular weight excluding hydrogens is 182 g/mol. The number of rotatable bonds is 1. The Morgan fingerprint density at radius 3 is 2.73 bits per heavy atom. The fraction of sp³-hybridized carbons (Fsp3) is 0.214. The van der Waals surface area contributed by atoms with Crippen molar-refractivity contribution in [1.82, 2.24) is 0 Å². The van der Waals surface area contributed by atoms with Crippen molar-refractivity contribution in [3.63, 3.8) is 0 Å². The predicted octanol–water partition coefficient (Wildman–Crippen LogP) is 2.79. The summed E-state index contributed by atoms with van der Waals surface area (Å²) in [5.74, 6) is 0. The maximum absolute atomic E-state index is 7.82. The molecule has 1 aromatic carbocycles. The molecule has 1 aromatic heterocycles. The first-order valence-electron chi connectivity index (χ1n) is 6.05. The van der Waals surface area contributed by atoms with Gasteiger partial charge in [0.15, 0.2) is 6.20 Å². The Bertz CT molecular complexity index is 577. The standard InChI is InChI=1S/C14H16N/c1-11-7-6-8-13(12(11)2)14-9-4-5-10-15(14)3/h4-10H,1-3H3/q+1/i6D,7D. The van der Waals surface area contributed by atoms with E-state index in [1.807, 2.05) is 49.9 Å². The molecular formula is C14H16N+. The van der Waals surface area contributed by atoms with Crippen LogP contribution >= 0.6 is 0 Å². The Morgan fingerprint density at radius 2 is 2.00 bits per heavy atom. The third-order valence-electron chi connectivity index (χ3n) is 2.77. The molecule has 0 spiro atoms. The van der Waals surface area contributed by atoms with Gasteiger partial charge in [-0.1, -0.05) is 12.1 Å². The molecule has 0 saturated heterocycles. The molecule has 1 heterocycles. The number of hydrogen-bond donors (Lipinski definition) is 0. The highest BCUT2D eigenvalue weighted by molar-refractivity contribution is 5.62. The molecule has 0 aliphatic carbocycles. The number of aryl methyl sites for hydroxylation is 1. The summed E-state index contributed by atoms with van der Waals surface area (Å²) in [7, 11) is 1.99. The fourth-order valence-corrected chi connectivity index (χ4v) is 1.69. The molecule has 0 fully saturated rings. The molecule has 0 radical (unpaired) electrons. The number of nitrogens with zero attached hydrogens (tertiary/aromatic N) is 1. The first-order valence-corrected chi connectivity index (χ1v) is 5.05. The van der Waals surface area contributed by atoms with Crippen LogP contribution in [0.3, 0.4) is 0 Å². The Hall–Kier alpha value is -1.63. The van der Waals surface area contributed by atoms with E-state index in [1.165, 1.54) is 0 Å². The van der Waals surface area contributed by atoms with Gasteiger partial charge in [0.2, 0.25) is 5.69 Å². The summed E-state index contributed by atoms with van der Waals surface area (Å²) in [5.41, 5.74) is 4.07. The average molecular weight is 200 g/mol. The average Bonchev–Trinajstić information content (AvgIpc) is 2.32. The van der Waals surface area contributed by atoms with Gasteiger partial charge in [0.1, 0.15) is 7.05 Å². The van der Waals surface area contributed by atoms with Crippen molar-refractivity contribution >= 4 is 0 Å². The first-order chi connectivity index (χ1) is 8.02. The van der Waals surface area contributed by atoms with Crippen LogP contribution in [0.15, 0.2) is 42.5 Å². The smallest absolute Gasteiger partial charge is 0.201 e. The lowest BCUT2D eigenvalue weighted by molar-refractivity contribution is -0.660. The van der Waals surface area contributed by atoms with Crippen molar-refractivity contribution in [2.24, 2.45) is 7.05 Å². The van der Waals surface area contributed by atoms with Gasteiger partial charge in [0, 0.05) is 17.7 Å². The number of hydrogen-bond acceptors (Lipinski definition) is 0. The molecule has 15 heavy (non-hydrogen) atoms. The zero-order chi connectivity index (χ0) is 12.6. The SMILES string of the molecule is [2H]c1cc(-c2cccc[n+]2C)c(C)c(C)c1[2H]. The van der Waals surface area contributed by atoms with Crippen LogP contribution < -0.4 is 4.57 Å². The van der Waals surface area contributed by atoms with Gasteiger partial charge in [-0.3, -0.25) is 0 Å². The summed E-state index contributed by atoms with van der Waals surface area (Å²) in [6, 6.07) is 8.39. The van der Waals surface area contributed by atoms with Crippen molar-refractivity contribution in [3.8, 4) is 11.3 Å². The van der Waals surface area contributed by atoms with E-state index in [2.05, 4.69) is 0 Å². The fourth-order valence-electron chi connectivity index (χ4n) is 1.69. The topological polar surface area (TPSA) is 3.88 Å². The van der Waals surface area contributed by atoms with E-state index >= 15 is 0 Å². The van der Waals surface area contributed by atoms with Gasteiger partial charge < -0.3 is 0 Å². The van der Waals surface area contributed by atoms with Crippen molar-refractivity contribution in [2.75, 3.05) is 0 Å². The van der Waals surface area contributed by atoms with Gasteiger partial charge in [0.05, 0.1) is 2.74 Å². The maximum Gasteiger partial charge on any atom is 0.212 e. The Labute approximate surface area is 93.8 Å². The van der Waals surface area contributed by atoms with E-state index < -0.39 is 0 Å². The molecule has 0 bridgehead atoms. The molecule has 0 aliphatic rings. The van der Waals surface area contributed by atoms with E-state index in [4.69, 9.17) is 2.74 Å². The van der Waals surface area contributed by atoms with E-state index in [-0.39, 0.29) is 6.04 Å². The van der Waals surface area contributed by atoms with E-state index in [9.17, 15) is 0 Å². The normalized spacial score (nSPS) is 12.2. The number of benzene rings is 1. The molecule has 0 N–H and O–H groups in total. The van der Waals surface area contributed by atoms with Crippen molar-refractivity contribution < 1.29 is 7.31 Å². The third-order valence-corrected chi connectivity index (χ3v) is 2.77. The van der Waals surface area contributed by atoms with Gasteiger partial charge in [-0.2, -0.15) is 0 Å². The molecule has 1 heteroatoms. The highest BCUT2D eigenvalue weighted by atomic mass is 14.9. The van der Waals surface area contributed by atoms with Crippen LogP contribution in [0.1, 0.15) is 13.9 Å². The van der Waals surface area contributed by atoms with Gasteiger partial charge in [-0.05, 0) is 37.1 Å². The summed E-state index contributed by atoms with van der Waals surface area (Å²) < 4.78 is 17.7. The van der Waals surface area contributed by atoms with Gasteiger partial charge >= 0.3 is 0 Å². The van der Waals surface area contributed by atoms with Gasteiger partial charge in [-0.25, -0.2) is 4.57 Å². The highest BCUT2D eigenvalue weighted by Gasteiger charge is 2.11. The number of aromatic nitrogens is 1. The molecule has 0 aliphatic heterocycles. The summed E-state index contributed by atoms with van der Waals surface area (Å²) in [5, 5.41) is 0. The Balaban J connectivity index is 2.73. The monoisotopic (exact) mass is 200 g/mol. The maximum atomic E-state index is 7.82. The lowest BCUT2D eigenvalue weighted by Crippen LogP contribution is -2.30. The Kier molecular flexibility index (Phi) is 1.96. The second-order valence-corrected chi connectivity index (χ2v) is 3.77. The Morgan fingerprint density at radius 1 is 1.20 bits per heavy atom. The van der Waals surface area contributed by atoms with E-state index in [0.717, 1.165) is 22.4 Å². The van der Waals surface area contributed by atoms with Crippen LogP contribution in [0.25, 0.3) is 11.3 Å². The van der Waals surface area contributed by atoms with Crippen LogP contribution in [0.4, 0.5) is 0 Å². The molecule has 2 rings (SSSR count). The zero-order valence-corrected chi connectivity index (χ0v) is 9.33. The number of pyridine rings is 1. The van der Waals surface area contributed by atoms with E-state index in [1.54, 1.807) is 6.07 Å². The summed E-state index contributed by atoms with van der Waals surface area (Å²) in [4.78, 5) is 0. The third kappa shape index (κ3) is 1.78. The van der Waals surface area contributed by atoms with Crippen LogP contribution in [-0.2, 0) is 7.05 Å². The second kappa shape index (κ2) is 3.85. The summed E-state index contributed by atoms with van der Waals surface area (Å²) in [6.07, 6.45) is 1.99. The predicted molar refractivity (Wildman–Crippen MR) is 62.5 cm³/mol. The highest BCUT2D eigenvalue weighted by Crippen LogP contribution is 2.21. The quantitative estimate of drug-likeness (QED) is 0.623. The molecule has 2 aromatic rings. The van der Waals surface area contributed by atoms with Crippen LogP contribution in [0.5, 0.6) is 0 Å². The molecule has 76 valence electrons. The summed E-state index contributed by atoms with van der Waals surface area (Å²) >= 11 is 0. The summed E-state index contributed by atoms with van der Waals surface area (Å²) in [6.45, 7) is 3.91. The largest absolute Gasteiger partial charge is 0.212 e. The minimum absolute atomic E-state index is 0.284. The molecule has 0 atom stereocenters. The van der Waals surface area contributed by atoms with Gasteiger partial charge in [-0.15, -0.1) is 0 Å².